The summed E-state index contributed by atoms with van der Waals surface area (Å²) in [5, 5.41) is 11.0. The highest BCUT2D eigenvalue weighted by atomic mass is 32.1. The quantitative estimate of drug-likeness (QED) is 0.684. The second-order valence-corrected chi connectivity index (χ2v) is 3.23. The molecule has 0 saturated heterocycles. The number of nitrogens with zero attached hydrogens (tertiary/aromatic N) is 1. The van der Waals surface area contributed by atoms with Crippen molar-refractivity contribution in [3.63, 3.8) is 0 Å². The Balaban J connectivity index is 2.97. The molecule has 1 aromatic heterocycles. The minimum atomic E-state index is -0.487. The predicted octanol–water partition coefficient (Wildman–Crippen LogP) is 0.224. The highest BCUT2D eigenvalue weighted by molar-refractivity contribution is 7.13. The Morgan fingerprint density at radius 1 is 1.83 bits per heavy atom. The molecule has 0 radical (unpaired) electrons. The molecule has 0 aliphatic heterocycles. The van der Waals surface area contributed by atoms with Crippen molar-refractivity contribution in [2.45, 2.75) is 5.92 Å². The van der Waals surface area contributed by atoms with Gasteiger partial charge < -0.3 is 5.73 Å². The lowest BCUT2D eigenvalue weighted by Gasteiger charge is -2.00. The number of aromatic amines is 1. The van der Waals surface area contributed by atoms with Gasteiger partial charge in [-0.05, 0) is 0 Å². The van der Waals surface area contributed by atoms with Crippen LogP contribution in [0, 0.1) is 11.3 Å². The van der Waals surface area contributed by atoms with E-state index in [4.69, 9.17) is 16.7 Å². The van der Waals surface area contributed by atoms with E-state index in [9.17, 15) is 0 Å². The molecule has 0 saturated carbocycles. The molecule has 0 bridgehead atoms. The lowest BCUT2D eigenvalue weighted by molar-refractivity contribution is -0.367. The molecule has 0 aromatic carbocycles. The van der Waals surface area contributed by atoms with Crippen molar-refractivity contribution in [2.24, 2.45) is 5.73 Å². The summed E-state index contributed by atoms with van der Waals surface area (Å²) in [5.41, 5.74) is 11.9. The van der Waals surface area contributed by atoms with E-state index in [1.807, 2.05) is 6.07 Å². The van der Waals surface area contributed by atoms with Crippen molar-refractivity contribution >= 4 is 16.5 Å². The molecule has 5 N–H and O–H groups in total. The summed E-state index contributed by atoms with van der Waals surface area (Å²) in [6.07, 6.45) is 0. The fraction of sp³-hybridized carbons (Fsp3) is 0.143. The van der Waals surface area contributed by atoms with Crippen LogP contribution in [0.3, 0.4) is 0 Å². The SMILES string of the molecule is C=C(N)C(C#N)c1csc(N)[nH+]1. The number of H-pyrrole nitrogens is 1. The number of allylic oxidation sites excluding steroid dienone is 1. The van der Waals surface area contributed by atoms with Crippen LogP contribution in [0.1, 0.15) is 11.6 Å². The molecule has 4 nitrogen and oxygen atoms in total. The highest BCUT2D eigenvalue weighted by Gasteiger charge is 2.17. The zero-order chi connectivity index (χ0) is 9.14. The smallest absolute Gasteiger partial charge is 0.329 e. The third-order valence-corrected chi connectivity index (χ3v) is 2.12. The number of nitrogens with two attached hydrogens (primary N) is 2. The molecule has 1 unspecified atom stereocenters. The first-order valence-electron chi connectivity index (χ1n) is 3.25. The highest BCUT2D eigenvalue weighted by Crippen LogP contribution is 2.18. The van der Waals surface area contributed by atoms with Gasteiger partial charge >= 0.3 is 5.13 Å². The molecule has 0 spiro atoms. The Bertz CT molecular complexity index is 335. The van der Waals surface area contributed by atoms with Gasteiger partial charge in [-0.15, -0.1) is 0 Å². The van der Waals surface area contributed by atoms with E-state index in [1.54, 1.807) is 5.38 Å². The Hall–Kier alpha value is -1.54. The number of aromatic nitrogens is 1. The summed E-state index contributed by atoms with van der Waals surface area (Å²) in [7, 11) is 0. The maximum absolute atomic E-state index is 8.71. The first-order chi connectivity index (χ1) is 5.65. The van der Waals surface area contributed by atoms with Crippen LogP contribution in [0.25, 0.3) is 0 Å². The Morgan fingerprint density at radius 2 is 2.50 bits per heavy atom. The maximum Gasteiger partial charge on any atom is 0.329 e. The summed E-state index contributed by atoms with van der Waals surface area (Å²) in [6, 6.07) is 2.03. The molecule has 12 heavy (non-hydrogen) atoms. The molecule has 1 rings (SSSR count). The fourth-order valence-electron chi connectivity index (χ4n) is 0.821. The van der Waals surface area contributed by atoms with E-state index in [1.165, 1.54) is 11.3 Å². The zero-order valence-corrected chi connectivity index (χ0v) is 7.19. The molecule has 0 aliphatic carbocycles. The van der Waals surface area contributed by atoms with Gasteiger partial charge in [0.15, 0.2) is 0 Å². The number of nitrogen functional groups attached to an aromatic ring is 1. The van der Waals surface area contributed by atoms with Crippen LogP contribution >= 0.6 is 11.3 Å². The maximum atomic E-state index is 8.71. The van der Waals surface area contributed by atoms with E-state index in [0.29, 0.717) is 16.5 Å². The van der Waals surface area contributed by atoms with Gasteiger partial charge in [-0.2, -0.15) is 5.26 Å². The van der Waals surface area contributed by atoms with Crippen LogP contribution in [0.4, 0.5) is 5.13 Å². The van der Waals surface area contributed by atoms with E-state index in [2.05, 4.69) is 11.6 Å². The summed E-state index contributed by atoms with van der Waals surface area (Å²) >= 11 is 1.34. The van der Waals surface area contributed by atoms with Crippen molar-refractivity contribution in [1.82, 2.24) is 0 Å². The number of hydrogen-bond acceptors (Lipinski definition) is 4. The third-order valence-electron chi connectivity index (χ3n) is 1.39. The second-order valence-electron chi connectivity index (χ2n) is 2.32. The third kappa shape index (κ3) is 1.54. The average molecular weight is 181 g/mol. The Kier molecular flexibility index (Phi) is 2.31. The van der Waals surface area contributed by atoms with E-state index in [-0.39, 0.29) is 0 Å². The summed E-state index contributed by atoms with van der Waals surface area (Å²) < 4.78 is 0. The standard InChI is InChI=1S/C7H8N4S/c1-4(9)5(2-8)6-3-12-7(10)11-6/h3,5H,1,9H2,(H2,10,11)/p+1. The molecule has 0 aliphatic rings. The molecule has 0 amide bonds. The largest absolute Gasteiger partial charge is 0.401 e. The normalized spacial score (nSPS) is 11.9. The van der Waals surface area contributed by atoms with Gasteiger partial charge in [0.25, 0.3) is 0 Å². The average Bonchev–Trinajstić information content (AvgIpc) is 2.37. The van der Waals surface area contributed by atoms with Crippen LogP contribution in [0.15, 0.2) is 17.7 Å². The molecule has 1 atom stereocenters. The van der Waals surface area contributed by atoms with Crippen molar-refractivity contribution in [1.29, 1.82) is 5.26 Å². The van der Waals surface area contributed by atoms with Crippen molar-refractivity contribution in [2.75, 3.05) is 5.73 Å². The van der Waals surface area contributed by atoms with Crippen molar-refractivity contribution in [3.05, 3.63) is 23.3 Å². The van der Waals surface area contributed by atoms with E-state index in [0.717, 1.165) is 0 Å². The molecular formula is C7H9N4S+. The number of thiazole rings is 1. The molecule has 5 heteroatoms. The molecule has 1 aromatic rings. The number of hydrogen-bond donors (Lipinski definition) is 2. The van der Waals surface area contributed by atoms with Crippen molar-refractivity contribution < 1.29 is 4.98 Å². The number of nitriles is 1. The van der Waals surface area contributed by atoms with Gasteiger partial charge in [0.05, 0.1) is 6.07 Å². The van der Waals surface area contributed by atoms with Gasteiger partial charge in [0.1, 0.15) is 11.6 Å². The van der Waals surface area contributed by atoms with E-state index < -0.39 is 5.92 Å². The molecule has 1 heterocycles. The number of rotatable bonds is 2. The molecule has 62 valence electrons. The lowest BCUT2D eigenvalue weighted by atomic mass is 10.1. The molecule has 0 fully saturated rings. The number of anilines is 1. The fourth-order valence-corrected chi connectivity index (χ4v) is 1.45. The van der Waals surface area contributed by atoms with Crippen LogP contribution in [-0.2, 0) is 0 Å². The Labute approximate surface area is 74.1 Å². The van der Waals surface area contributed by atoms with Gasteiger partial charge in [-0.25, -0.2) is 4.98 Å². The van der Waals surface area contributed by atoms with Crippen LogP contribution < -0.4 is 16.5 Å². The second kappa shape index (κ2) is 3.24. The first kappa shape index (κ1) is 8.56. The lowest BCUT2D eigenvalue weighted by Crippen LogP contribution is -2.17. The minimum absolute atomic E-state index is 0.326. The van der Waals surface area contributed by atoms with Crippen LogP contribution in [-0.4, -0.2) is 0 Å². The van der Waals surface area contributed by atoms with Gasteiger partial charge in [0, 0.05) is 11.1 Å². The minimum Gasteiger partial charge on any atom is -0.401 e. The van der Waals surface area contributed by atoms with Crippen LogP contribution in [0.2, 0.25) is 0 Å². The van der Waals surface area contributed by atoms with E-state index >= 15 is 0 Å². The number of nitrogens with one attached hydrogen (secondary N) is 1. The van der Waals surface area contributed by atoms with Gasteiger partial charge in [0.2, 0.25) is 0 Å². The predicted molar refractivity (Wildman–Crippen MR) is 47.0 cm³/mol. The van der Waals surface area contributed by atoms with Gasteiger partial charge in [-0.1, -0.05) is 17.9 Å². The Morgan fingerprint density at radius 3 is 2.83 bits per heavy atom. The first-order valence-corrected chi connectivity index (χ1v) is 4.13. The van der Waals surface area contributed by atoms with Crippen molar-refractivity contribution in [3.8, 4) is 6.07 Å². The summed E-state index contributed by atoms with van der Waals surface area (Å²) in [5.74, 6) is -0.487. The monoisotopic (exact) mass is 181 g/mol. The van der Waals surface area contributed by atoms with Gasteiger partial charge in [-0.3, -0.25) is 5.73 Å². The molecular weight excluding hydrogens is 172 g/mol. The summed E-state index contributed by atoms with van der Waals surface area (Å²) in [4.78, 5) is 2.84. The topological polar surface area (TPSA) is 90.0 Å². The summed E-state index contributed by atoms with van der Waals surface area (Å²) in [6.45, 7) is 3.51. The van der Waals surface area contributed by atoms with Crippen LogP contribution in [0.5, 0.6) is 0 Å². The zero-order valence-electron chi connectivity index (χ0n) is 6.37.